The van der Waals surface area contributed by atoms with Crippen molar-refractivity contribution in [3.8, 4) is 0 Å². The minimum absolute atomic E-state index is 0. The molecule has 8 unspecified atom stereocenters. The summed E-state index contributed by atoms with van der Waals surface area (Å²) in [7, 11) is 4.81. The molecule has 4 saturated carbocycles. The van der Waals surface area contributed by atoms with Crippen LogP contribution in [-0.2, 0) is 27.7 Å². The van der Waals surface area contributed by atoms with Gasteiger partial charge in [0.1, 0.15) is 0 Å². The number of fused-ring (bicyclic) bond motifs is 20. The van der Waals surface area contributed by atoms with E-state index in [2.05, 4.69) is 63.9 Å². The molecule has 46 heavy (non-hydrogen) atoms. The van der Waals surface area contributed by atoms with Crippen molar-refractivity contribution in [1.82, 2.24) is 42.5 Å². The van der Waals surface area contributed by atoms with Crippen molar-refractivity contribution in [2.24, 2.45) is 47.3 Å². The minimum Gasteiger partial charge on any atom is -0.286 e. The molecule has 9 rings (SSSR count). The summed E-state index contributed by atoms with van der Waals surface area (Å²) < 4.78 is 18.3. The van der Waals surface area contributed by atoms with Gasteiger partial charge in [0.05, 0.1) is 49.3 Å². The normalized spacial score (nSPS) is 51.3. The van der Waals surface area contributed by atoms with Gasteiger partial charge >= 0.3 is 8.26 Å². The molecule has 14 heteroatoms. The van der Waals surface area contributed by atoms with Gasteiger partial charge < -0.3 is 0 Å². The molecule has 0 amide bonds. The standard InChI is InChI=1S/C32H56N8.Cl2O2S.Zn/c1-2-10-18-17(9-1)25-33-26(18)38-28-21-13-5-6-14-22(21)30(35-28)40-32-24-16-8-7-15-23(24)31(36-32)39-29-20-12-4-3-11-19(20)27(34-29)37-25;1-5(2,3)4;/h17-40H,1-16H2;;. The van der Waals surface area contributed by atoms with E-state index in [0.29, 0.717) is 49.3 Å². The summed E-state index contributed by atoms with van der Waals surface area (Å²) in [6.45, 7) is 0. The Morgan fingerprint density at radius 2 is 0.435 bits per heavy atom. The van der Waals surface area contributed by atoms with Crippen LogP contribution < -0.4 is 42.5 Å². The summed E-state index contributed by atoms with van der Waals surface area (Å²) in [5.41, 5.74) is 0. The van der Waals surface area contributed by atoms with E-state index in [1.165, 1.54) is 103 Å². The molecule has 0 aromatic rings. The second-order valence-electron chi connectivity index (χ2n) is 16.0. The molecule has 4 aliphatic carbocycles. The molecule has 10 nitrogen and oxygen atoms in total. The summed E-state index contributed by atoms with van der Waals surface area (Å²) in [6.07, 6.45) is 25.6. The Kier molecular flexibility index (Phi) is 11.4. The van der Waals surface area contributed by atoms with Crippen LogP contribution in [0.1, 0.15) is 103 Å². The summed E-state index contributed by atoms with van der Waals surface area (Å²) in [4.78, 5) is 0. The fourth-order valence-electron chi connectivity index (χ4n) is 12.0. The van der Waals surface area contributed by atoms with Crippen molar-refractivity contribution in [3.63, 3.8) is 0 Å². The summed E-state index contributed by atoms with van der Waals surface area (Å²) in [5, 5.41) is 33.8. The Hall–Kier alpha value is 0.833. The Labute approximate surface area is 298 Å². The zero-order valence-corrected chi connectivity index (χ0v) is 32.5. The molecular formula is C32H56Cl2N8O2SZn. The van der Waals surface area contributed by atoms with Gasteiger partial charge in [-0.15, -0.1) is 0 Å². The monoisotopic (exact) mass is 750 g/mol. The summed E-state index contributed by atoms with van der Waals surface area (Å²) in [6, 6.07) is 0. The second-order valence-corrected chi connectivity index (χ2v) is 19.6. The van der Waals surface area contributed by atoms with Gasteiger partial charge in [0.15, 0.2) is 0 Å². The van der Waals surface area contributed by atoms with Gasteiger partial charge in [0, 0.05) is 40.8 Å². The first-order chi connectivity index (χ1) is 21.8. The fourth-order valence-corrected chi connectivity index (χ4v) is 12.0. The van der Waals surface area contributed by atoms with Crippen LogP contribution >= 0.6 is 21.4 Å². The van der Waals surface area contributed by atoms with Gasteiger partial charge in [-0.05, 0) is 98.7 Å². The van der Waals surface area contributed by atoms with Gasteiger partial charge in [-0.3, -0.25) is 42.5 Å². The first-order valence-electron chi connectivity index (χ1n) is 18.5. The van der Waals surface area contributed by atoms with Crippen LogP contribution in [0.4, 0.5) is 0 Å². The molecule has 5 heterocycles. The predicted molar refractivity (Wildman–Crippen MR) is 178 cm³/mol. The zero-order chi connectivity index (χ0) is 30.7. The van der Waals surface area contributed by atoms with Crippen LogP contribution in [0.2, 0.25) is 0 Å². The zero-order valence-electron chi connectivity index (χ0n) is 27.2. The van der Waals surface area contributed by atoms with Crippen LogP contribution in [0.25, 0.3) is 0 Å². The van der Waals surface area contributed by atoms with E-state index >= 15 is 0 Å². The average molecular weight is 753 g/mol. The summed E-state index contributed by atoms with van der Waals surface area (Å²) >= 11 is 0. The van der Waals surface area contributed by atoms with Crippen molar-refractivity contribution in [3.05, 3.63) is 0 Å². The maximum absolute atomic E-state index is 9.16. The third kappa shape index (κ3) is 7.27. The average Bonchev–Trinajstić information content (AvgIpc) is 3.76. The molecule has 5 saturated heterocycles. The van der Waals surface area contributed by atoms with E-state index in [-0.39, 0.29) is 19.5 Å². The molecule has 0 aromatic heterocycles. The van der Waals surface area contributed by atoms with Gasteiger partial charge in [-0.25, -0.2) is 0 Å². The molecule has 0 radical (unpaired) electrons. The maximum Gasteiger partial charge on any atom is 0.317 e. The van der Waals surface area contributed by atoms with E-state index < -0.39 is 8.26 Å². The van der Waals surface area contributed by atoms with Crippen LogP contribution in [0.5, 0.6) is 0 Å². The molecule has 9 fully saturated rings. The Balaban J connectivity index is 0.000000526. The van der Waals surface area contributed by atoms with E-state index in [1.54, 1.807) is 0 Å². The minimum atomic E-state index is -3.72. The predicted octanol–water partition coefficient (Wildman–Crippen LogP) is 3.31. The van der Waals surface area contributed by atoms with Crippen LogP contribution in [0.3, 0.4) is 0 Å². The van der Waals surface area contributed by atoms with Crippen molar-refractivity contribution >= 4 is 29.6 Å². The van der Waals surface area contributed by atoms with Gasteiger partial charge in [0.25, 0.3) is 0 Å². The maximum atomic E-state index is 9.16. The van der Waals surface area contributed by atoms with E-state index in [9.17, 15) is 0 Å². The van der Waals surface area contributed by atoms with E-state index in [0.717, 1.165) is 47.3 Å². The van der Waals surface area contributed by atoms with Gasteiger partial charge in [-0.2, -0.15) is 8.42 Å². The van der Waals surface area contributed by atoms with E-state index in [4.69, 9.17) is 8.42 Å². The Bertz CT molecular complexity index is 945. The summed E-state index contributed by atoms with van der Waals surface area (Å²) in [5.74, 6) is 5.97. The van der Waals surface area contributed by atoms with Gasteiger partial charge in [-0.1, -0.05) is 51.4 Å². The first kappa shape index (κ1) is 35.2. The number of nitrogens with one attached hydrogen (secondary N) is 8. The number of halogens is 2. The van der Waals surface area contributed by atoms with Crippen molar-refractivity contribution < 1.29 is 27.9 Å². The van der Waals surface area contributed by atoms with Crippen molar-refractivity contribution in [2.75, 3.05) is 0 Å². The number of hydrogen-bond donors (Lipinski definition) is 8. The van der Waals surface area contributed by atoms with Crippen LogP contribution in [-0.4, -0.2) is 57.7 Å². The number of rotatable bonds is 0. The topological polar surface area (TPSA) is 130 Å². The number of hydrogen-bond acceptors (Lipinski definition) is 10. The molecule has 5 aliphatic heterocycles. The molecule has 9 aliphatic rings. The third-order valence-corrected chi connectivity index (χ3v) is 13.8. The van der Waals surface area contributed by atoms with Crippen molar-refractivity contribution in [2.45, 2.75) is 152 Å². The van der Waals surface area contributed by atoms with Crippen molar-refractivity contribution in [1.29, 1.82) is 0 Å². The molecule has 0 aromatic carbocycles. The van der Waals surface area contributed by atoms with Crippen LogP contribution in [0.15, 0.2) is 0 Å². The van der Waals surface area contributed by atoms with Gasteiger partial charge in [0.2, 0.25) is 0 Å². The smallest absolute Gasteiger partial charge is 0.286 e. The van der Waals surface area contributed by atoms with Crippen LogP contribution in [0, 0.1) is 47.3 Å². The quantitative estimate of drug-likeness (QED) is 0.138. The fraction of sp³-hybridized carbons (Fsp3) is 1.00. The molecule has 8 bridgehead atoms. The molecule has 8 atom stereocenters. The largest absolute Gasteiger partial charge is 0.317 e. The Morgan fingerprint density at radius 1 is 0.326 bits per heavy atom. The third-order valence-electron chi connectivity index (χ3n) is 13.8. The molecule has 0 spiro atoms. The van der Waals surface area contributed by atoms with E-state index in [1.807, 2.05) is 0 Å². The SMILES string of the molecule is C1CCC2C3NC(NC4NC(NC5NC(NC6NC(N3)C3CCCCC63)C3CCCCC53)C3CCCCC43)C2C1.O=S(=O)(Cl)Cl.[Zn]. The molecular weight excluding hydrogens is 697 g/mol. The second kappa shape index (κ2) is 14.8. The molecule has 258 valence electrons. The Morgan fingerprint density at radius 3 is 0.543 bits per heavy atom. The molecule has 8 N–H and O–H groups in total. The first-order valence-corrected chi connectivity index (χ1v) is 21.7.